The molecule has 1 rings (SSSR count). The van der Waals surface area contributed by atoms with E-state index in [1.165, 1.54) is 4.90 Å². The molecule has 1 aromatic rings. The second-order valence-corrected chi connectivity index (χ2v) is 3.01. The molecule has 0 saturated carbocycles. The van der Waals surface area contributed by atoms with E-state index in [9.17, 15) is 9.59 Å². The molecule has 0 spiro atoms. The molecule has 88 valence electrons. The molecule has 0 radical (unpaired) electrons. The van der Waals surface area contributed by atoms with E-state index in [0.29, 0.717) is 13.1 Å². The molecule has 0 aliphatic rings. The summed E-state index contributed by atoms with van der Waals surface area (Å²) in [5.74, 6) is -0.658. The first-order valence-corrected chi connectivity index (χ1v) is 4.98. The first kappa shape index (κ1) is 12.1. The number of amides is 2. The maximum absolute atomic E-state index is 11.7. The maximum Gasteiger partial charge on any atom is 0.295 e. The summed E-state index contributed by atoms with van der Waals surface area (Å²) in [6.45, 7) is 4.53. The minimum atomic E-state index is -0.414. The molecule has 0 bridgehead atoms. The summed E-state index contributed by atoms with van der Waals surface area (Å²) in [6.07, 6.45) is 0. The molecule has 1 heterocycles. The lowest BCUT2D eigenvalue weighted by molar-refractivity contribution is -0.121. The average molecular weight is 226 g/mol. The monoisotopic (exact) mass is 226 g/mol. The number of nitrogens with zero attached hydrogens (tertiary/aromatic N) is 4. The number of aromatic nitrogens is 4. The van der Waals surface area contributed by atoms with E-state index in [1.807, 2.05) is 6.92 Å². The van der Waals surface area contributed by atoms with Gasteiger partial charge in [0.1, 0.15) is 0 Å². The Hall–Kier alpha value is -1.99. The van der Waals surface area contributed by atoms with Crippen molar-refractivity contribution in [1.29, 1.82) is 0 Å². The van der Waals surface area contributed by atoms with E-state index >= 15 is 0 Å². The van der Waals surface area contributed by atoms with Gasteiger partial charge in [0, 0.05) is 13.1 Å². The second kappa shape index (κ2) is 5.79. The van der Waals surface area contributed by atoms with Crippen molar-refractivity contribution in [3.63, 3.8) is 0 Å². The summed E-state index contributed by atoms with van der Waals surface area (Å²) in [5, 5.41) is 15.2. The van der Waals surface area contributed by atoms with Crippen LogP contribution in [0.15, 0.2) is 0 Å². The van der Waals surface area contributed by atoms with Crippen LogP contribution in [-0.4, -0.2) is 57.0 Å². The number of carbonyl (C=O) groups is 2. The Morgan fingerprint density at radius 3 is 2.69 bits per heavy atom. The van der Waals surface area contributed by atoms with Gasteiger partial charge in [-0.2, -0.15) is 5.21 Å². The predicted octanol–water partition coefficient (Wildman–Crippen LogP) is -1.20. The largest absolute Gasteiger partial charge is 0.355 e. The van der Waals surface area contributed by atoms with Crippen LogP contribution in [0.3, 0.4) is 0 Å². The molecule has 0 fully saturated rings. The molecule has 1 aromatic heterocycles. The zero-order chi connectivity index (χ0) is 12.0. The van der Waals surface area contributed by atoms with Crippen LogP contribution < -0.4 is 5.32 Å². The number of carbonyl (C=O) groups excluding carboxylic acids is 2. The van der Waals surface area contributed by atoms with Gasteiger partial charge >= 0.3 is 0 Å². The van der Waals surface area contributed by atoms with Gasteiger partial charge < -0.3 is 10.2 Å². The fourth-order valence-electron chi connectivity index (χ4n) is 1.15. The summed E-state index contributed by atoms with van der Waals surface area (Å²) >= 11 is 0. The fourth-order valence-corrected chi connectivity index (χ4v) is 1.15. The van der Waals surface area contributed by atoms with Crippen molar-refractivity contribution in [2.45, 2.75) is 13.8 Å². The molecule has 16 heavy (non-hydrogen) atoms. The smallest absolute Gasteiger partial charge is 0.295 e. The van der Waals surface area contributed by atoms with Gasteiger partial charge in [-0.25, -0.2) is 0 Å². The zero-order valence-corrected chi connectivity index (χ0v) is 9.23. The first-order chi connectivity index (χ1) is 7.69. The van der Waals surface area contributed by atoms with Crippen molar-refractivity contribution in [2.24, 2.45) is 0 Å². The number of rotatable bonds is 5. The summed E-state index contributed by atoms with van der Waals surface area (Å²) in [7, 11) is 0. The van der Waals surface area contributed by atoms with Crippen molar-refractivity contribution in [2.75, 3.05) is 19.6 Å². The van der Waals surface area contributed by atoms with E-state index in [0.717, 1.165) is 0 Å². The number of tetrazole rings is 1. The number of aromatic amines is 1. The highest BCUT2D eigenvalue weighted by Crippen LogP contribution is 1.96. The molecule has 0 unspecified atom stereocenters. The Morgan fingerprint density at radius 1 is 1.44 bits per heavy atom. The lowest BCUT2D eigenvalue weighted by Gasteiger charge is -2.17. The highest BCUT2D eigenvalue weighted by atomic mass is 16.2. The molecular formula is C8H14N6O2. The summed E-state index contributed by atoms with van der Waals surface area (Å²) in [5.41, 5.74) is 0. The quantitative estimate of drug-likeness (QED) is 0.656. The van der Waals surface area contributed by atoms with Gasteiger partial charge in [0.2, 0.25) is 5.91 Å². The standard InChI is InChI=1S/C8H14N6O2/c1-3-9-6(15)5-14(4-2)8(16)7-10-12-13-11-7/h3-5H2,1-2H3,(H,9,15)(H,10,11,12,13). The van der Waals surface area contributed by atoms with Crippen molar-refractivity contribution in [3.05, 3.63) is 5.82 Å². The normalized spacial score (nSPS) is 9.88. The topological polar surface area (TPSA) is 104 Å². The van der Waals surface area contributed by atoms with Crippen LogP contribution in [0, 0.1) is 0 Å². The SMILES string of the molecule is CCNC(=O)CN(CC)C(=O)c1nn[nH]n1. The number of H-pyrrole nitrogens is 1. The number of likely N-dealkylation sites (N-methyl/N-ethyl adjacent to an activating group) is 2. The molecule has 2 N–H and O–H groups in total. The van der Waals surface area contributed by atoms with Gasteiger partial charge in [-0.3, -0.25) is 9.59 Å². The van der Waals surface area contributed by atoms with Crippen LogP contribution >= 0.6 is 0 Å². The highest BCUT2D eigenvalue weighted by molar-refractivity contribution is 5.93. The van der Waals surface area contributed by atoms with Crippen LogP contribution in [0.4, 0.5) is 0 Å². The van der Waals surface area contributed by atoms with Crippen LogP contribution in [0.1, 0.15) is 24.5 Å². The van der Waals surface area contributed by atoms with E-state index in [-0.39, 0.29) is 18.3 Å². The van der Waals surface area contributed by atoms with Crippen molar-refractivity contribution in [1.82, 2.24) is 30.8 Å². The second-order valence-electron chi connectivity index (χ2n) is 3.01. The molecule has 0 aromatic carbocycles. The van der Waals surface area contributed by atoms with Gasteiger partial charge in [-0.05, 0) is 19.1 Å². The number of hydrogen-bond donors (Lipinski definition) is 2. The first-order valence-electron chi connectivity index (χ1n) is 4.98. The van der Waals surface area contributed by atoms with Gasteiger partial charge in [-0.1, -0.05) is 0 Å². The predicted molar refractivity (Wildman–Crippen MR) is 54.4 cm³/mol. The third kappa shape index (κ3) is 3.01. The van der Waals surface area contributed by atoms with Gasteiger partial charge in [0.25, 0.3) is 11.7 Å². The van der Waals surface area contributed by atoms with Crippen molar-refractivity contribution >= 4 is 11.8 Å². The molecule has 0 aliphatic carbocycles. The molecule has 0 saturated heterocycles. The third-order valence-electron chi connectivity index (χ3n) is 1.91. The summed E-state index contributed by atoms with van der Waals surface area (Å²) in [4.78, 5) is 24.4. The molecular weight excluding hydrogens is 212 g/mol. The highest BCUT2D eigenvalue weighted by Gasteiger charge is 2.20. The maximum atomic E-state index is 11.7. The zero-order valence-electron chi connectivity index (χ0n) is 9.23. The molecule has 8 nitrogen and oxygen atoms in total. The Morgan fingerprint density at radius 2 is 2.19 bits per heavy atom. The minimum Gasteiger partial charge on any atom is -0.355 e. The lowest BCUT2D eigenvalue weighted by atomic mass is 10.4. The number of nitrogens with one attached hydrogen (secondary N) is 2. The van der Waals surface area contributed by atoms with Crippen molar-refractivity contribution in [3.8, 4) is 0 Å². The van der Waals surface area contributed by atoms with E-state index in [2.05, 4.69) is 25.9 Å². The Labute approximate surface area is 92.4 Å². The van der Waals surface area contributed by atoms with Gasteiger partial charge in [0.05, 0.1) is 6.54 Å². The van der Waals surface area contributed by atoms with Gasteiger partial charge in [-0.15, -0.1) is 10.2 Å². The Bertz CT molecular complexity index is 349. The van der Waals surface area contributed by atoms with E-state index in [1.54, 1.807) is 6.92 Å². The minimum absolute atomic E-state index is 0.00227. The fraction of sp³-hybridized carbons (Fsp3) is 0.625. The summed E-state index contributed by atoms with van der Waals surface area (Å²) < 4.78 is 0. The van der Waals surface area contributed by atoms with E-state index < -0.39 is 5.91 Å². The van der Waals surface area contributed by atoms with Crippen LogP contribution in [-0.2, 0) is 4.79 Å². The molecule has 8 heteroatoms. The lowest BCUT2D eigenvalue weighted by Crippen LogP contribution is -2.40. The van der Waals surface area contributed by atoms with Gasteiger partial charge in [0.15, 0.2) is 0 Å². The van der Waals surface area contributed by atoms with Crippen LogP contribution in [0.5, 0.6) is 0 Å². The molecule has 2 amide bonds. The molecule has 0 atom stereocenters. The molecule has 0 aliphatic heterocycles. The van der Waals surface area contributed by atoms with Crippen LogP contribution in [0.2, 0.25) is 0 Å². The Balaban J connectivity index is 2.61. The van der Waals surface area contributed by atoms with E-state index in [4.69, 9.17) is 0 Å². The average Bonchev–Trinajstić information content (AvgIpc) is 2.78. The third-order valence-corrected chi connectivity index (χ3v) is 1.91. The summed E-state index contributed by atoms with van der Waals surface area (Å²) in [6, 6.07) is 0. The van der Waals surface area contributed by atoms with Crippen LogP contribution in [0.25, 0.3) is 0 Å². The Kier molecular flexibility index (Phi) is 4.37. The number of hydrogen-bond acceptors (Lipinski definition) is 5. The van der Waals surface area contributed by atoms with Crippen molar-refractivity contribution < 1.29 is 9.59 Å².